The van der Waals surface area contributed by atoms with E-state index in [0.717, 1.165) is 74.7 Å². The summed E-state index contributed by atoms with van der Waals surface area (Å²) in [7, 11) is 0. The van der Waals surface area contributed by atoms with Gasteiger partial charge in [0.1, 0.15) is 11.6 Å². The molecule has 0 aliphatic carbocycles. The molecule has 0 saturated carbocycles. The van der Waals surface area contributed by atoms with Crippen LogP contribution in [0.4, 0.5) is 10.1 Å². The van der Waals surface area contributed by atoms with Crippen LogP contribution in [0.2, 0.25) is 0 Å². The number of halogens is 1. The normalized spacial score (nSPS) is 18.4. The minimum absolute atomic E-state index is 0.199. The summed E-state index contributed by atoms with van der Waals surface area (Å²) in [5.74, 6) is 1.33. The number of rotatable bonds is 4. The summed E-state index contributed by atoms with van der Waals surface area (Å²) in [6.45, 7) is 6.34. The van der Waals surface area contributed by atoms with E-state index in [1.54, 1.807) is 0 Å². The second-order valence-electron chi connectivity index (χ2n) is 7.98. The van der Waals surface area contributed by atoms with Crippen molar-refractivity contribution in [1.29, 1.82) is 0 Å². The SMILES string of the molecule is Fc1ccc(Cn2c(C3CCOCC3)nc3ccc(N4CCNCC4)cc32)cc1. The molecule has 3 aromatic rings. The van der Waals surface area contributed by atoms with Gasteiger partial charge in [0.25, 0.3) is 0 Å². The molecule has 2 aliphatic rings. The topological polar surface area (TPSA) is 42.3 Å². The fourth-order valence-corrected chi connectivity index (χ4v) is 4.46. The molecule has 152 valence electrons. The molecule has 0 unspecified atom stereocenters. The van der Waals surface area contributed by atoms with E-state index in [4.69, 9.17) is 9.72 Å². The number of fused-ring (bicyclic) bond motifs is 1. The first-order valence-electron chi connectivity index (χ1n) is 10.6. The van der Waals surface area contributed by atoms with Crippen LogP contribution in [0.25, 0.3) is 11.0 Å². The van der Waals surface area contributed by atoms with Crippen molar-refractivity contribution in [2.45, 2.75) is 25.3 Å². The smallest absolute Gasteiger partial charge is 0.123 e. The summed E-state index contributed by atoms with van der Waals surface area (Å²) in [6, 6.07) is 13.4. The van der Waals surface area contributed by atoms with Gasteiger partial charge in [-0.3, -0.25) is 0 Å². The van der Waals surface area contributed by atoms with Crippen LogP contribution in [0.5, 0.6) is 0 Å². The number of hydrogen-bond donors (Lipinski definition) is 1. The highest BCUT2D eigenvalue weighted by molar-refractivity contribution is 5.81. The van der Waals surface area contributed by atoms with Crippen LogP contribution >= 0.6 is 0 Å². The molecule has 2 aliphatic heterocycles. The lowest BCUT2D eigenvalue weighted by Crippen LogP contribution is -2.43. The van der Waals surface area contributed by atoms with Gasteiger partial charge in [0.2, 0.25) is 0 Å². The van der Waals surface area contributed by atoms with Gasteiger partial charge in [-0.15, -0.1) is 0 Å². The average Bonchev–Trinajstić information content (AvgIpc) is 3.14. The molecule has 5 rings (SSSR count). The lowest BCUT2D eigenvalue weighted by atomic mass is 9.99. The van der Waals surface area contributed by atoms with Crippen molar-refractivity contribution in [3.63, 3.8) is 0 Å². The van der Waals surface area contributed by atoms with E-state index in [-0.39, 0.29) is 5.82 Å². The predicted octanol–water partition coefficient (Wildman–Crippen LogP) is 3.53. The monoisotopic (exact) mass is 394 g/mol. The maximum absolute atomic E-state index is 13.4. The Hall–Kier alpha value is -2.44. The van der Waals surface area contributed by atoms with Gasteiger partial charge in [0.15, 0.2) is 0 Å². The van der Waals surface area contributed by atoms with Crippen LogP contribution in [-0.2, 0) is 11.3 Å². The van der Waals surface area contributed by atoms with E-state index < -0.39 is 0 Å². The Morgan fingerprint density at radius 2 is 1.79 bits per heavy atom. The summed E-state index contributed by atoms with van der Waals surface area (Å²) in [5.41, 5.74) is 4.53. The first-order valence-corrected chi connectivity index (χ1v) is 10.6. The minimum Gasteiger partial charge on any atom is -0.381 e. The zero-order chi connectivity index (χ0) is 19.6. The van der Waals surface area contributed by atoms with E-state index in [2.05, 4.69) is 33.0 Å². The molecule has 3 heterocycles. The molecule has 29 heavy (non-hydrogen) atoms. The molecule has 5 nitrogen and oxygen atoms in total. The summed E-state index contributed by atoms with van der Waals surface area (Å²) < 4.78 is 21.3. The maximum Gasteiger partial charge on any atom is 0.123 e. The van der Waals surface area contributed by atoms with Gasteiger partial charge >= 0.3 is 0 Å². The van der Waals surface area contributed by atoms with Crippen LogP contribution < -0.4 is 10.2 Å². The van der Waals surface area contributed by atoms with Crippen molar-refractivity contribution < 1.29 is 9.13 Å². The lowest BCUT2D eigenvalue weighted by Gasteiger charge is -2.29. The van der Waals surface area contributed by atoms with Crippen molar-refractivity contribution in [3.8, 4) is 0 Å². The van der Waals surface area contributed by atoms with Crippen molar-refractivity contribution in [2.75, 3.05) is 44.3 Å². The first kappa shape index (κ1) is 18.6. The molecular weight excluding hydrogens is 367 g/mol. The Bertz CT molecular complexity index is 972. The van der Waals surface area contributed by atoms with Crippen molar-refractivity contribution >= 4 is 16.7 Å². The third kappa shape index (κ3) is 3.87. The number of nitrogens with one attached hydrogen (secondary N) is 1. The molecule has 1 N–H and O–H groups in total. The van der Waals surface area contributed by atoms with Gasteiger partial charge in [-0.2, -0.15) is 0 Å². The molecule has 2 saturated heterocycles. The van der Waals surface area contributed by atoms with Crippen LogP contribution in [-0.4, -0.2) is 48.9 Å². The number of anilines is 1. The number of hydrogen-bond acceptors (Lipinski definition) is 4. The highest BCUT2D eigenvalue weighted by Crippen LogP contribution is 2.32. The quantitative estimate of drug-likeness (QED) is 0.735. The zero-order valence-corrected chi connectivity index (χ0v) is 16.6. The van der Waals surface area contributed by atoms with Crippen molar-refractivity contribution in [2.24, 2.45) is 0 Å². The van der Waals surface area contributed by atoms with Gasteiger partial charge in [-0.1, -0.05) is 12.1 Å². The lowest BCUT2D eigenvalue weighted by molar-refractivity contribution is 0.0830. The largest absolute Gasteiger partial charge is 0.381 e. The number of aromatic nitrogens is 2. The summed E-state index contributed by atoms with van der Waals surface area (Å²) >= 11 is 0. The van der Waals surface area contributed by atoms with E-state index in [0.29, 0.717) is 12.5 Å². The molecule has 0 bridgehead atoms. The molecular formula is C23H27FN4O. The van der Waals surface area contributed by atoms with Gasteiger partial charge in [0, 0.05) is 57.5 Å². The van der Waals surface area contributed by atoms with Crippen LogP contribution in [0.15, 0.2) is 42.5 Å². The van der Waals surface area contributed by atoms with Crippen LogP contribution in [0.3, 0.4) is 0 Å². The van der Waals surface area contributed by atoms with Gasteiger partial charge in [0.05, 0.1) is 11.0 Å². The van der Waals surface area contributed by atoms with Crippen molar-refractivity contribution in [3.05, 3.63) is 59.7 Å². The molecule has 2 aromatic carbocycles. The molecule has 0 atom stereocenters. The van der Waals surface area contributed by atoms with Gasteiger partial charge in [-0.25, -0.2) is 9.37 Å². The predicted molar refractivity (Wildman–Crippen MR) is 113 cm³/mol. The van der Waals surface area contributed by atoms with Crippen molar-refractivity contribution in [1.82, 2.24) is 14.9 Å². The fourth-order valence-electron chi connectivity index (χ4n) is 4.46. The van der Waals surface area contributed by atoms with E-state index >= 15 is 0 Å². The molecule has 0 spiro atoms. The second-order valence-corrected chi connectivity index (χ2v) is 7.98. The number of ether oxygens (including phenoxy) is 1. The molecule has 1 aromatic heterocycles. The zero-order valence-electron chi connectivity index (χ0n) is 16.6. The van der Waals surface area contributed by atoms with Crippen LogP contribution in [0, 0.1) is 5.82 Å². The standard InChI is InChI=1S/C23H27FN4O/c24-19-3-1-17(2-4-19)16-28-22-15-20(27-11-9-25-10-12-27)5-6-21(22)26-23(28)18-7-13-29-14-8-18/h1-6,15,18,25H,7-14,16H2. The summed E-state index contributed by atoms with van der Waals surface area (Å²) in [4.78, 5) is 7.47. The Balaban J connectivity index is 1.57. The van der Waals surface area contributed by atoms with E-state index in [1.807, 2.05) is 12.1 Å². The Labute approximate surface area is 170 Å². The van der Waals surface area contributed by atoms with Gasteiger partial charge < -0.3 is 19.5 Å². The third-order valence-electron chi connectivity index (χ3n) is 6.08. The van der Waals surface area contributed by atoms with Crippen LogP contribution in [0.1, 0.15) is 30.1 Å². The Morgan fingerprint density at radius 1 is 1.03 bits per heavy atom. The Kier molecular flexibility index (Phi) is 5.21. The second kappa shape index (κ2) is 8.13. The first-order chi connectivity index (χ1) is 14.3. The molecule has 0 radical (unpaired) electrons. The highest BCUT2D eigenvalue weighted by atomic mass is 19.1. The number of nitrogens with zero attached hydrogens (tertiary/aromatic N) is 3. The number of imidazole rings is 1. The Morgan fingerprint density at radius 3 is 2.55 bits per heavy atom. The van der Waals surface area contributed by atoms with E-state index in [9.17, 15) is 4.39 Å². The highest BCUT2D eigenvalue weighted by Gasteiger charge is 2.23. The maximum atomic E-state index is 13.4. The summed E-state index contributed by atoms with van der Waals surface area (Å²) in [5, 5.41) is 3.42. The molecule has 0 amide bonds. The number of piperazine rings is 1. The molecule has 2 fully saturated rings. The van der Waals surface area contributed by atoms with Gasteiger partial charge in [-0.05, 0) is 48.7 Å². The average molecular weight is 394 g/mol. The third-order valence-corrected chi connectivity index (χ3v) is 6.08. The minimum atomic E-state index is -0.199. The molecule has 6 heteroatoms. The number of benzene rings is 2. The fraction of sp³-hybridized carbons (Fsp3) is 0.435. The van der Waals surface area contributed by atoms with E-state index in [1.165, 1.54) is 17.8 Å². The summed E-state index contributed by atoms with van der Waals surface area (Å²) in [6.07, 6.45) is 1.99.